The summed E-state index contributed by atoms with van der Waals surface area (Å²) in [5.74, 6) is -0.378. The van der Waals surface area contributed by atoms with Crippen LogP contribution in [0.5, 0.6) is 0 Å². The smallest absolute Gasteiger partial charge is 0.307 e. The molecule has 0 saturated carbocycles. The minimum Gasteiger partial charge on any atom is -0.466 e. The van der Waals surface area contributed by atoms with Crippen molar-refractivity contribution in [1.29, 1.82) is 0 Å². The maximum absolute atomic E-state index is 12.6. The molecule has 0 radical (unpaired) electrons. The molecule has 23 heavy (non-hydrogen) atoms. The number of carbonyl (C=O) groups excluding carboxylic acids is 2. The average Bonchev–Trinajstić information content (AvgIpc) is 2.54. The van der Waals surface area contributed by atoms with Crippen LogP contribution in [0.2, 0.25) is 0 Å². The van der Waals surface area contributed by atoms with E-state index in [1.165, 1.54) is 0 Å². The molecule has 0 atom stereocenters. The Morgan fingerprint density at radius 1 is 1.17 bits per heavy atom. The van der Waals surface area contributed by atoms with Crippen molar-refractivity contribution >= 4 is 27.8 Å². The van der Waals surface area contributed by atoms with Crippen LogP contribution in [0.3, 0.4) is 0 Å². The van der Waals surface area contributed by atoms with Crippen molar-refractivity contribution in [1.82, 2.24) is 4.90 Å². The zero-order valence-electron chi connectivity index (χ0n) is 13.7. The number of esters is 1. The highest BCUT2D eigenvalue weighted by Crippen LogP contribution is 2.14. The summed E-state index contributed by atoms with van der Waals surface area (Å²) in [7, 11) is 0. The highest BCUT2D eigenvalue weighted by molar-refractivity contribution is 9.10. The van der Waals surface area contributed by atoms with E-state index in [-0.39, 0.29) is 18.3 Å². The fourth-order valence-electron chi connectivity index (χ4n) is 2.08. The molecule has 5 nitrogen and oxygen atoms in total. The Hall–Kier alpha value is -1.40. The second-order valence-corrected chi connectivity index (χ2v) is 5.82. The number of ether oxygens (including phenoxy) is 2. The molecule has 6 heteroatoms. The Morgan fingerprint density at radius 3 is 2.61 bits per heavy atom. The van der Waals surface area contributed by atoms with Gasteiger partial charge in [-0.05, 0) is 38.5 Å². The van der Waals surface area contributed by atoms with Gasteiger partial charge in [0, 0.05) is 36.3 Å². The summed E-state index contributed by atoms with van der Waals surface area (Å²) >= 11 is 3.37. The van der Waals surface area contributed by atoms with E-state index >= 15 is 0 Å². The van der Waals surface area contributed by atoms with Crippen molar-refractivity contribution in [2.24, 2.45) is 0 Å². The lowest BCUT2D eigenvalue weighted by Crippen LogP contribution is -2.34. The molecular formula is C17H24BrNO4. The first-order valence-electron chi connectivity index (χ1n) is 7.86. The lowest BCUT2D eigenvalue weighted by molar-refractivity contribution is -0.143. The molecule has 0 unspecified atom stereocenters. The van der Waals surface area contributed by atoms with E-state index in [0.29, 0.717) is 38.5 Å². The van der Waals surface area contributed by atoms with Crippen LogP contribution in [0.4, 0.5) is 0 Å². The highest BCUT2D eigenvalue weighted by Gasteiger charge is 2.17. The summed E-state index contributed by atoms with van der Waals surface area (Å²) in [4.78, 5) is 25.9. The quantitative estimate of drug-likeness (QED) is 0.458. The topological polar surface area (TPSA) is 55.8 Å². The molecule has 0 aliphatic carbocycles. The fourth-order valence-corrected chi connectivity index (χ4v) is 2.48. The molecule has 0 saturated heterocycles. The number of benzene rings is 1. The minimum absolute atomic E-state index is 0.0907. The third kappa shape index (κ3) is 7.61. The Bertz CT molecular complexity index is 507. The number of carbonyl (C=O) groups is 2. The van der Waals surface area contributed by atoms with Crippen LogP contribution in [0.25, 0.3) is 0 Å². The molecule has 0 heterocycles. The summed E-state index contributed by atoms with van der Waals surface area (Å²) in [6.45, 7) is 6.19. The second kappa shape index (κ2) is 11.2. The number of hydrogen-bond acceptors (Lipinski definition) is 4. The maximum atomic E-state index is 12.6. The Morgan fingerprint density at radius 2 is 1.96 bits per heavy atom. The van der Waals surface area contributed by atoms with Gasteiger partial charge < -0.3 is 14.4 Å². The van der Waals surface area contributed by atoms with E-state index in [1.54, 1.807) is 24.0 Å². The zero-order valence-corrected chi connectivity index (χ0v) is 15.3. The summed E-state index contributed by atoms with van der Waals surface area (Å²) in [5.41, 5.74) is 0.597. The van der Waals surface area contributed by atoms with Crippen LogP contribution < -0.4 is 0 Å². The summed E-state index contributed by atoms with van der Waals surface area (Å²) in [5, 5.41) is 0. The molecular weight excluding hydrogens is 362 g/mol. The Labute approximate surface area is 146 Å². The number of rotatable bonds is 10. The number of hydrogen-bond donors (Lipinski definition) is 0. The first-order chi connectivity index (χ1) is 11.1. The lowest BCUT2D eigenvalue weighted by Gasteiger charge is -2.22. The SMILES string of the molecule is CCOCCCN(CCC(=O)OCC)C(=O)c1cccc(Br)c1. The average molecular weight is 386 g/mol. The van der Waals surface area contributed by atoms with E-state index in [4.69, 9.17) is 9.47 Å². The van der Waals surface area contributed by atoms with Gasteiger partial charge in [-0.3, -0.25) is 9.59 Å². The van der Waals surface area contributed by atoms with Gasteiger partial charge in [0.1, 0.15) is 0 Å². The van der Waals surface area contributed by atoms with Gasteiger partial charge in [0.2, 0.25) is 0 Å². The van der Waals surface area contributed by atoms with Gasteiger partial charge >= 0.3 is 5.97 Å². The van der Waals surface area contributed by atoms with Gasteiger partial charge in [0.25, 0.3) is 5.91 Å². The van der Waals surface area contributed by atoms with Gasteiger partial charge in [-0.25, -0.2) is 0 Å². The van der Waals surface area contributed by atoms with Gasteiger partial charge in [-0.2, -0.15) is 0 Å². The molecule has 1 amide bonds. The first-order valence-corrected chi connectivity index (χ1v) is 8.66. The molecule has 0 N–H and O–H groups in total. The lowest BCUT2D eigenvalue weighted by atomic mass is 10.2. The number of nitrogens with zero attached hydrogens (tertiary/aromatic N) is 1. The third-order valence-corrected chi connectivity index (χ3v) is 3.66. The maximum Gasteiger partial charge on any atom is 0.307 e. The van der Waals surface area contributed by atoms with Crippen LogP contribution in [0.1, 0.15) is 37.0 Å². The first kappa shape index (κ1) is 19.6. The predicted molar refractivity (Wildman–Crippen MR) is 92.4 cm³/mol. The number of amides is 1. The monoisotopic (exact) mass is 385 g/mol. The molecule has 0 bridgehead atoms. The van der Waals surface area contributed by atoms with E-state index in [1.807, 2.05) is 19.1 Å². The summed E-state index contributed by atoms with van der Waals surface area (Å²) < 4.78 is 11.1. The minimum atomic E-state index is -0.288. The van der Waals surface area contributed by atoms with Crippen LogP contribution in [0, 0.1) is 0 Å². The fraction of sp³-hybridized carbons (Fsp3) is 0.529. The van der Waals surface area contributed by atoms with Crippen LogP contribution >= 0.6 is 15.9 Å². The second-order valence-electron chi connectivity index (χ2n) is 4.91. The molecule has 1 aromatic rings. The standard InChI is InChI=1S/C17H24BrNO4/c1-3-22-12-6-10-19(11-9-16(20)23-4-2)17(21)14-7-5-8-15(18)13-14/h5,7-8,13H,3-4,6,9-12H2,1-2H3. The van der Waals surface area contributed by atoms with E-state index < -0.39 is 0 Å². The van der Waals surface area contributed by atoms with E-state index in [2.05, 4.69) is 15.9 Å². The number of halogens is 1. The van der Waals surface area contributed by atoms with Crippen molar-refractivity contribution in [2.45, 2.75) is 26.7 Å². The van der Waals surface area contributed by atoms with E-state index in [0.717, 1.165) is 10.9 Å². The van der Waals surface area contributed by atoms with Crippen molar-refractivity contribution in [3.8, 4) is 0 Å². The Kier molecular flexibility index (Phi) is 9.55. The van der Waals surface area contributed by atoms with Crippen molar-refractivity contribution in [3.05, 3.63) is 34.3 Å². The van der Waals surface area contributed by atoms with Crippen molar-refractivity contribution in [3.63, 3.8) is 0 Å². The molecule has 1 rings (SSSR count). The van der Waals surface area contributed by atoms with Gasteiger partial charge in [-0.15, -0.1) is 0 Å². The van der Waals surface area contributed by atoms with Gasteiger partial charge in [0.05, 0.1) is 13.0 Å². The van der Waals surface area contributed by atoms with Crippen LogP contribution in [0.15, 0.2) is 28.7 Å². The normalized spacial score (nSPS) is 10.4. The van der Waals surface area contributed by atoms with Crippen LogP contribution in [-0.4, -0.2) is 49.7 Å². The van der Waals surface area contributed by atoms with E-state index in [9.17, 15) is 9.59 Å². The largest absolute Gasteiger partial charge is 0.466 e. The molecule has 128 valence electrons. The molecule has 0 aliphatic rings. The van der Waals surface area contributed by atoms with Crippen molar-refractivity contribution in [2.75, 3.05) is 32.9 Å². The highest BCUT2D eigenvalue weighted by atomic mass is 79.9. The molecule has 1 aromatic carbocycles. The molecule has 0 spiro atoms. The van der Waals surface area contributed by atoms with Crippen molar-refractivity contribution < 1.29 is 19.1 Å². The molecule has 0 aromatic heterocycles. The summed E-state index contributed by atoms with van der Waals surface area (Å²) in [6, 6.07) is 7.24. The van der Waals surface area contributed by atoms with Gasteiger partial charge in [0.15, 0.2) is 0 Å². The zero-order chi connectivity index (χ0) is 17.1. The van der Waals surface area contributed by atoms with Crippen LogP contribution in [-0.2, 0) is 14.3 Å². The summed E-state index contributed by atoms with van der Waals surface area (Å²) in [6.07, 6.45) is 0.929. The Balaban J connectivity index is 2.68. The molecule has 0 aliphatic heterocycles. The predicted octanol–water partition coefficient (Wildman–Crippen LogP) is 3.27. The van der Waals surface area contributed by atoms with Gasteiger partial charge in [-0.1, -0.05) is 22.0 Å². The molecule has 0 fully saturated rings. The third-order valence-electron chi connectivity index (χ3n) is 3.17.